The zero-order chi connectivity index (χ0) is 19.6. The number of hydrogen-bond acceptors (Lipinski definition) is 7. The van der Waals surface area contributed by atoms with Crippen molar-refractivity contribution in [2.45, 2.75) is 25.5 Å². The Labute approximate surface area is 165 Å². The van der Waals surface area contributed by atoms with Gasteiger partial charge in [0, 0.05) is 18.1 Å². The minimum atomic E-state index is -0.209. The van der Waals surface area contributed by atoms with Crippen LogP contribution in [0.15, 0.2) is 34.3 Å². The molecule has 0 bridgehead atoms. The topological polar surface area (TPSA) is 77.3 Å². The zero-order valence-corrected chi connectivity index (χ0v) is 17.2. The summed E-state index contributed by atoms with van der Waals surface area (Å²) in [4.78, 5) is 40.9. The van der Waals surface area contributed by atoms with Gasteiger partial charge < -0.3 is 0 Å². The number of carbonyl (C=O) groups is 1. The first-order valence-electron chi connectivity index (χ1n) is 8.26. The van der Waals surface area contributed by atoms with Crippen LogP contribution in [0.4, 0.5) is 0 Å². The Balaban J connectivity index is 2.05. The Hall–Kier alpha value is -2.23. The molecule has 0 spiro atoms. The molecule has 0 aromatic carbocycles. The van der Waals surface area contributed by atoms with Crippen molar-refractivity contribution in [1.29, 1.82) is 0 Å². The molecule has 0 aliphatic heterocycles. The van der Waals surface area contributed by atoms with Crippen LogP contribution in [0.25, 0.3) is 10.2 Å². The average molecular weight is 405 g/mol. The predicted molar refractivity (Wildman–Crippen MR) is 107 cm³/mol. The Morgan fingerprint density at radius 3 is 2.81 bits per heavy atom. The average Bonchev–Trinajstić information content (AvgIpc) is 2.96. The van der Waals surface area contributed by atoms with Gasteiger partial charge >= 0.3 is 0 Å². The highest BCUT2D eigenvalue weighted by atomic mass is 32.2. The molecular weight excluding hydrogens is 384 g/mol. The van der Waals surface area contributed by atoms with Gasteiger partial charge in [-0.2, -0.15) is 0 Å². The second kappa shape index (κ2) is 8.20. The number of thiophene rings is 1. The molecule has 3 heterocycles. The Morgan fingerprint density at radius 2 is 2.15 bits per heavy atom. The first-order valence-corrected chi connectivity index (χ1v) is 10.1. The predicted octanol–water partition coefficient (Wildman–Crippen LogP) is 2.63. The summed E-state index contributed by atoms with van der Waals surface area (Å²) in [7, 11) is 2.98. The van der Waals surface area contributed by atoms with Gasteiger partial charge in [-0.25, -0.2) is 10.0 Å². The molecule has 0 aliphatic rings. The molecule has 27 heavy (non-hydrogen) atoms. The van der Waals surface area contributed by atoms with Gasteiger partial charge in [0.2, 0.25) is 0 Å². The number of carbonyl (C=O) groups excluding carboxylic acids is 1. The lowest BCUT2D eigenvalue weighted by atomic mass is 10.2. The van der Waals surface area contributed by atoms with Crippen LogP contribution in [0.3, 0.4) is 0 Å². The fourth-order valence-electron chi connectivity index (χ4n) is 2.53. The molecular formula is C18H20N4O3S2. The minimum Gasteiger partial charge on any atom is -0.281 e. The maximum atomic E-state index is 13.2. The lowest BCUT2D eigenvalue weighted by molar-refractivity contribution is -0.165. The van der Waals surface area contributed by atoms with Crippen LogP contribution in [-0.2, 0) is 16.2 Å². The summed E-state index contributed by atoms with van der Waals surface area (Å²) in [5.41, 5.74) is 1.60. The first-order chi connectivity index (χ1) is 12.9. The normalized spacial score (nSPS) is 11.1. The summed E-state index contributed by atoms with van der Waals surface area (Å²) in [6, 6.07) is 5.57. The van der Waals surface area contributed by atoms with E-state index in [0.717, 1.165) is 21.2 Å². The molecule has 3 aromatic rings. The quantitative estimate of drug-likeness (QED) is 0.357. The van der Waals surface area contributed by atoms with Gasteiger partial charge in [0.25, 0.3) is 11.5 Å². The number of thioether (sulfide) groups is 1. The van der Waals surface area contributed by atoms with E-state index in [1.54, 1.807) is 17.8 Å². The molecule has 0 saturated heterocycles. The van der Waals surface area contributed by atoms with E-state index in [1.807, 2.05) is 32.0 Å². The third kappa shape index (κ3) is 4.05. The molecule has 3 aromatic heterocycles. The van der Waals surface area contributed by atoms with Crippen molar-refractivity contribution >= 4 is 39.2 Å². The molecule has 0 saturated carbocycles. The van der Waals surface area contributed by atoms with Crippen LogP contribution in [0.5, 0.6) is 0 Å². The number of hydroxylamine groups is 2. The first kappa shape index (κ1) is 19.5. The molecule has 1 amide bonds. The van der Waals surface area contributed by atoms with Gasteiger partial charge in [0.15, 0.2) is 5.16 Å². The van der Waals surface area contributed by atoms with Gasteiger partial charge in [-0.3, -0.25) is 24.0 Å². The van der Waals surface area contributed by atoms with Crippen molar-refractivity contribution in [2.75, 3.05) is 19.9 Å². The number of hydrogen-bond donors (Lipinski definition) is 0. The number of rotatable bonds is 6. The molecule has 3 rings (SSSR count). The summed E-state index contributed by atoms with van der Waals surface area (Å²) >= 11 is 2.72. The SMILES string of the molecule is CON(C)C(=O)CSc1nc2sc(C)c(C)c2c(=O)n1Cc1ccccn1. The zero-order valence-electron chi connectivity index (χ0n) is 15.6. The van der Waals surface area contributed by atoms with Gasteiger partial charge in [0.1, 0.15) is 4.83 Å². The Bertz CT molecular complexity index is 1030. The fraction of sp³-hybridized carbons (Fsp3) is 0.333. The number of nitrogens with zero attached hydrogens (tertiary/aromatic N) is 4. The molecule has 0 atom stereocenters. The Kier molecular flexibility index (Phi) is 5.93. The standard InChI is InChI=1S/C18H20N4O3S2/c1-11-12(2)27-16-15(11)17(24)22(9-13-7-5-6-8-19-13)18(20-16)26-10-14(23)21(3)25-4/h5-8H,9-10H2,1-4H3. The van der Waals surface area contributed by atoms with Crippen LogP contribution < -0.4 is 5.56 Å². The van der Waals surface area contributed by atoms with E-state index in [1.165, 1.54) is 30.2 Å². The van der Waals surface area contributed by atoms with Crippen molar-refractivity contribution in [2.24, 2.45) is 0 Å². The summed E-state index contributed by atoms with van der Waals surface area (Å²) in [5, 5.41) is 2.29. The van der Waals surface area contributed by atoms with E-state index < -0.39 is 0 Å². The molecule has 0 unspecified atom stereocenters. The Morgan fingerprint density at radius 1 is 1.37 bits per heavy atom. The summed E-state index contributed by atoms with van der Waals surface area (Å²) < 4.78 is 1.59. The largest absolute Gasteiger partial charge is 0.281 e. The lowest BCUT2D eigenvalue weighted by Crippen LogP contribution is -2.28. The highest BCUT2D eigenvalue weighted by Crippen LogP contribution is 2.28. The van der Waals surface area contributed by atoms with E-state index in [2.05, 4.69) is 9.97 Å². The summed E-state index contributed by atoms with van der Waals surface area (Å²) in [6.45, 7) is 4.22. The van der Waals surface area contributed by atoms with E-state index in [0.29, 0.717) is 21.9 Å². The van der Waals surface area contributed by atoms with Gasteiger partial charge in [-0.1, -0.05) is 17.8 Å². The third-order valence-corrected chi connectivity index (χ3v) is 6.31. The van der Waals surface area contributed by atoms with Gasteiger partial charge in [-0.15, -0.1) is 11.3 Å². The van der Waals surface area contributed by atoms with Crippen LogP contribution in [0.2, 0.25) is 0 Å². The molecule has 0 aliphatic carbocycles. The van der Waals surface area contributed by atoms with Crippen molar-refractivity contribution in [1.82, 2.24) is 19.6 Å². The lowest BCUT2D eigenvalue weighted by Gasteiger charge is -2.15. The second-order valence-electron chi connectivity index (χ2n) is 5.93. The molecule has 9 heteroatoms. The van der Waals surface area contributed by atoms with Crippen molar-refractivity contribution in [3.8, 4) is 0 Å². The molecule has 7 nitrogen and oxygen atoms in total. The van der Waals surface area contributed by atoms with Crippen LogP contribution in [0.1, 0.15) is 16.1 Å². The van der Waals surface area contributed by atoms with Crippen molar-refractivity contribution in [3.63, 3.8) is 0 Å². The highest BCUT2D eigenvalue weighted by Gasteiger charge is 2.19. The second-order valence-corrected chi connectivity index (χ2v) is 8.08. The molecule has 142 valence electrons. The van der Waals surface area contributed by atoms with Crippen LogP contribution >= 0.6 is 23.1 Å². The minimum absolute atomic E-state index is 0.109. The van der Waals surface area contributed by atoms with E-state index in [-0.39, 0.29) is 17.2 Å². The number of pyridine rings is 1. The van der Waals surface area contributed by atoms with Crippen LogP contribution in [0, 0.1) is 13.8 Å². The van der Waals surface area contributed by atoms with Crippen molar-refractivity contribution in [3.05, 3.63) is 50.9 Å². The van der Waals surface area contributed by atoms with Gasteiger partial charge in [-0.05, 0) is 31.5 Å². The maximum Gasteiger partial charge on any atom is 0.263 e. The number of aromatic nitrogens is 3. The number of amides is 1. The monoisotopic (exact) mass is 404 g/mol. The number of aryl methyl sites for hydroxylation is 2. The van der Waals surface area contributed by atoms with Gasteiger partial charge in [0.05, 0.1) is 30.5 Å². The highest BCUT2D eigenvalue weighted by molar-refractivity contribution is 7.99. The smallest absolute Gasteiger partial charge is 0.263 e. The molecule has 0 fully saturated rings. The molecule has 0 radical (unpaired) electrons. The third-order valence-electron chi connectivity index (χ3n) is 4.25. The van der Waals surface area contributed by atoms with Crippen molar-refractivity contribution < 1.29 is 9.63 Å². The molecule has 0 N–H and O–H groups in total. The van der Waals surface area contributed by atoms with Crippen LogP contribution in [-0.4, -0.2) is 45.4 Å². The number of fused-ring (bicyclic) bond motifs is 1. The summed E-state index contributed by atoms with van der Waals surface area (Å²) in [5.74, 6) is -0.0897. The summed E-state index contributed by atoms with van der Waals surface area (Å²) in [6.07, 6.45) is 1.69. The van der Waals surface area contributed by atoms with E-state index in [9.17, 15) is 9.59 Å². The maximum absolute atomic E-state index is 13.2. The van der Waals surface area contributed by atoms with E-state index in [4.69, 9.17) is 4.84 Å². The van der Waals surface area contributed by atoms with E-state index >= 15 is 0 Å². The fourth-order valence-corrected chi connectivity index (χ4v) is 4.50.